The van der Waals surface area contributed by atoms with Crippen LogP contribution < -0.4 is 0 Å². The molecule has 0 aromatic rings. The van der Waals surface area contributed by atoms with Crippen molar-refractivity contribution in [1.82, 2.24) is 0 Å². The summed E-state index contributed by atoms with van der Waals surface area (Å²) in [5, 5.41) is 0. The quantitative estimate of drug-likeness (QED) is 0.0346. The van der Waals surface area contributed by atoms with Gasteiger partial charge in [0.25, 0.3) is 0 Å². The minimum absolute atomic E-state index is 0.0193. The van der Waals surface area contributed by atoms with Gasteiger partial charge >= 0.3 is 11.9 Å². The number of unbranched alkanes of at least 4 members (excludes halogenated alkanes) is 48. The number of ether oxygens (including phenoxy) is 2. The van der Waals surface area contributed by atoms with Gasteiger partial charge in [-0.05, 0) is 77.0 Å². The van der Waals surface area contributed by atoms with Gasteiger partial charge in [0.1, 0.15) is 0 Å². The molecule has 0 spiro atoms. The molecule has 428 valence electrons. The first-order valence-electron chi connectivity index (χ1n) is 33.2. The Morgan fingerprint density at radius 3 is 0.597 bits per heavy atom. The molecule has 0 rings (SSSR count). The Bertz CT molecular complexity index is 967. The summed E-state index contributed by atoms with van der Waals surface area (Å²) in [6.07, 6.45) is 82.3. The van der Waals surface area contributed by atoms with Crippen LogP contribution in [0, 0.1) is 0 Å². The van der Waals surface area contributed by atoms with E-state index in [1.54, 1.807) is 0 Å². The second-order valence-corrected chi connectivity index (χ2v) is 22.3. The van der Waals surface area contributed by atoms with Crippen LogP contribution in [0.5, 0.6) is 0 Å². The van der Waals surface area contributed by atoms with Crippen molar-refractivity contribution in [2.24, 2.45) is 0 Å². The van der Waals surface area contributed by atoms with E-state index in [0.717, 1.165) is 25.7 Å². The molecule has 0 atom stereocenters. The Kier molecular flexibility index (Phi) is 69.9. The second kappa shape index (κ2) is 69.4. The maximum atomic E-state index is 11.9. The molecule has 0 bridgehead atoms. The van der Waals surface area contributed by atoms with Gasteiger partial charge in [-0.15, -0.1) is 0 Å². The largest absolute Gasteiger partial charge is 0.466 e. The van der Waals surface area contributed by atoms with Crippen molar-refractivity contribution in [3.8, 4) is 0 Å². The fourth-order valence-corrected chi connectivity index (χ4v) is 9.79. The van der Waals surface area contributed by atoms with Gasteiger partial charge in [-0.1, -0.05) is 322 Å². The van der Waals surface area contributed by atoms with Gasteiger partial charge in [0.2, 0.25) is 0 Å². The standard InChI is InChI=1S/2C34H66O2/c2*1-3-5-7-9-11-13-15-17-18-19-21-23-25-27-29-31-33-36-34(35)32-30-28-26-24-22-20-16-14-12-10-8-6-4-2/h2*17-18H,3-16,19-33H2,1-2H3/b2*18-17-. The Morgan fingerprint density at radius 1 is 0.222 bits per heavy atom. The molecule has 0 saturated heterocycles. The molecule has 4 heteroatoms. The summed E-state index contributed by atoms with van der Waals surface area (Å²) in [5.41, 5.74) is 0. The van der Waals surface area contributed by atoms with Crippen LogP contribution in [0.3, 0.4) is 0 Å². The van der Waals surface area contributed by atoms with Crippen LogP contribution in [0.4, 0.5) is 0 Å². The van der Waals surface area contributed by atoms with Crippen LogP contribution in [0.15, 0.2) is 24.3 Å². The summed E-state index contributed by atoms with van der Waals surface area (Å²) in [6.45, 7) is 10.4. The molecule has 0 unspecified atom stereocenters. The molecule has 0 aliphatic rings. The third-order valence-electron chi connectivity index (χ3n) is 14.8. The highest BCUT2D eigenvalue weighted by molar-refractivity contribution is 5.69. The fourth-order valence-electron chi connectivity index (χ4n) is 9.79. The summed E-state index contributed by atoms with van der Waals surface area (Å²) < 4.78 is 10.8. The van der Waals surface area contributed by atoms with Crippen molar-refractivity contribution < 1.29 is 19.1 Å². The molecule has 0 aromatic heterocycles. The van der Waals surface area contributed by atoms with Crippen molar-refractivity contribution in [3.05, 3.63) is 24.3 Å². The van der Waals surface area contributed by atoms with Crippen LogP contribution in [0.1, 0.15) is 387 Å². The predicted octanol–water partition coefficient (Wildman–Crippen LogP) is 24.1. The molecule has 4 nitrogen and oxygen atoms in total. The highest BCUT2D eigenvalue weighted by Crippen LogP contribution is 2.17. The first-order chi connectivity index (χ1) is 35.6. The fraction of sp³-hybridized carbons (Fsp3) is 0.912. The highest BCUT2D eigenvalue weighted by Gasteiger charge is 2.05. The summed E-state index contributed by atoms with van der Waals surface area (Å²) >= 11 is 0. The van der Waals surface area contributed by atoms with Crippen LogP contribution in [0.2, 0.25) is 0 Å². The third-order valence-corrected chi connectivity index (χ3v) is 14.8. The van der Waals surface area contributed by atoms with Crippen molar-refractivity contribution in [2.45, 2.75) is 387 Å². The highest BCUT2D eigenvalue weighted by atomic mass is 16.5. The molecule has 0 radical (unpaired) electrons. The van der Waals surface area contributed by atoms with Gasteiger partial charge in [-0.2, -0.15) is 0 Å². The Morgan fingerprint density at radius 2 is 0.389 bits per heavy atom. The average Bonchev–Trinajstić information content (AvgIpc) is 3.38. The first kappa shape index (κ1) is 72.5. The van der Waals surface area contributed by atoms with Gasteiger partial charge in [0, 0.05) is 12.8 Å². The number of carbonyl (C=O) groups is 2. The van der Waals surface area contributed by atoms with Crippen LogP contribution in [-0.4, -0.2) is 25.2 Å². The van der Waals surface area contributed by atoms with E-state index in [-0.39, 0.29) is 11.9 Å². The van der Waals surface area contributed by atoms with Gasteiger partial charge in [0.15, 0.2) is 0 Å². The van der Waals surface area contributed by atoms with Crippen molar-refractivity contribution in [1.29, 1.82) is 0 Å². The summed E-state index contributed by atoms with van der Waals surface area (Å²) in [7, 11) is 0. The predicted molar refractivity (Wildman–Crippen MR) is 321 cm³/mol. The summed E-state index contributed by atoms with van der Waals surface area (Å²) in [5.74, 6) is 0.0386. The molecule has 0 aliphatic heterocycles. The third kappa shape index (κ3) is 70.5. The molecule has 0 aromatic carbocycles. The SMILES string of the molecule is CCCCCCCC/C=C\CCCCCCCCOC(=O)CCCCCCCCCCCCCCC.CCCCCCCC/C=C\CCCCCCCCOC(=O)CCCCCCCCCCCCCCC. The number of allylic oxidation sites excluding steroid dienone is 4. The van der Waals surface area contributed by atoms with Gasteiger partial charge < -0.3 is 9.47 Å². The van der Waals surface area contributed by atoms with E-state index in [9.17, 15) is 9.59 Å². The summed E-state index contributed by atoms with van der Waals surface area (Å²) in [4.78, 5) is 23.8. The second-order valence-electron chi connectivity index (χ2n) is 22.3. The molecule has 0 N–H and O–H groups in total. The Balaban J connectivity index is 0. The van der Waals surface area contributed by atoms with E-state index in [4.69, 9.17) is 9.47 Å². The van der Waals surface area contributed by atoms with Crippen LogP contribution in [0.25, 0.3) is 0 Å². The van der Waals surface area contributed by atoms with Crippen molar-refractivity contribution in [3.63, 3.8) is 0 Å². The van der Waals surface area contributed by atoms with E-state index >= 15 is 0 Å². The molecule has 0 aliphatic carbocycles. The number of hydrogen-bond donors (Lipinski definition) is 0. The summed E-state index contributed by atoms with van der Waals surface area (Å²) in [6, 6.07) is 0. The minimum atomic E-state index is 0.0193. The van der Waals surface area contributed by atoms with Gasteiger partial charge in [-0.25, -0.2) is 0 Å². The first-order valence-corrected chi connectivity index (χ1v) is 33.2. The van der Waals surface area contributed by atoms with Crippen molar-refractivity contribution >= 4 is 11.9 Å². The zero-order valence-corrected chi connectivity index (χ0v) is 50.0. The zero-order valence-electron chi connectivity index (χ0n) is 50.0. The maximum absolute atomic E-state index is 11.9. The van der Waals surface area contributed by atoms with Crippen molar-refractivity contribution in [2.75, 3.05) is 13.2 Å². The van der Waals surface area contributed by atoms with Crippen LogP contribution in [-0.2, 0) is 19.1 Å². The normalized spacial score (nSPS) is 11.5. The van der Waals surface area contributed by atoms with Crippen LogP contribution >= 0.6 is 0 Å². The van der Waals surface area contributed by atoms with E-state index in [1.807, 2.05) is 0 Å². The Labute approximate surface area is 453 Å². The lowest BCUT2D eigenvalue weighted by Gasteiger charge is -2.05. The van der Waals surface area contributed by atoms with Gasteiger partial charge in [-0.3, -0.25) is 9.59 Å². The minimum Gasteiger partial charge on any atom is -0.466 e. The number of hydrogen-bond acceptors (Lipinski definition) is 4. The Hall–Kier alpha value is -1.58. The van der Waals surface area contributed by atoms with E-state index in [1.165, 1.54) is 321 Å². The molecule has 0 amide bonds. The monoisotopic (exact) mass is 1010 g/mol. The number of esters is 2. The van der Waals surface area contributed by atoms with E-state index in [2.05, 4.69) is 52.0 Å². The smallest absolute Gasteiger partial charge is 0.305 e. The molecule has 72 heavy (non-hydrogen) atoms. The molecular weight excluding hydrogens is 881 g/mol. The maximum Gasteiger partial charge on any atom is 0.305 e. The topological polar surface area (TPSA) is 52.6 Å². The lowest BCUT2D eigenvalue weighted by molar-refractivity contribution is -0.144. The zero-order chi connectivity index (χ0) is 52.4. The molecular formula is C68H132O4. The van der Waals surface area contributed by atoms with E-state index in [0.29, 0.717) is 26.1 Å². The average molecular weight is 1010 g/mol. The lowest BCUT2D eigenvalue weighted by atomic mass is 10.0. The molecule has 0 saturated carbocycles. The molecule has 0 fully saturated rings. The van der Waals surface area contributed by atoms with E-state index < -0.39 is 0 Å². The molecule has 0 heterocycles. The van der Waals surface area contributed by atoms with Gasteiger partial charge in [0.05, 0.1) is 13.2 Å². The lowest BCUT2D eigenvalue weighted by Crippen LogP contribution is -2.05. The number of rotatable bonds is 60. The number of carbonyl (C=O) groups excluding carboxylic acids is 2.